The third-order valence-corrected chi connectivity index (χ3v) is 5.36. The topological polar surface area (TPSA) is 106 Å². The minimum absolute atomic E-state index is 0.0904. The van der Waals surface area contributed by atoms with Crippen molar-refractivity contribution in [3.05, 3.63) is 46.9 Å². The van der Waals surface area contributed by atoms with Gasteiger partial charge in [-0.2, -0.15) is 4.98 Å². The molecule has 1 heterocycles. The molecule has 2 atom stereocenters. The highest BCUT2D eigenvalue weighted by molar-refractivity contribution is 5.78. The van der Waals surface area contributed by atoms with Gasteiger partial charge in [0.25, 0.3) is 0 Å². The van der Waals surface area contributed by atoms with Crippen LogP contribution < -0.4 is 10.6 Å². The second-order valence-corrected chi connectivity index (χ2v) is 10.2. The van der Waals surface area contributed by atoms with Gasteiger partial charge in [0.1, 0.15) is 17.5 Å². The van der Waals surface area contributed by atoms with Gasteiger partial charge in [-0.3, -0.25) is 4.79 Å². The Morgan fingerprint density at radius 1 is 1.11 bits per heavy atom. The third-order valence-electron chi connectivity index (χ3n) is 5.36. The van der Waals surface area contributed by atoms with Crippen molar-refractivity contribution in [2.45, 2.75) is 83.9 Å². The Labute approximate surface area is 202 Å². The number of nitrogens with zero attached hydrogens (tertiary/aromatic N) is 2. The van der Waals surface area contributed by atoms with Crippen LogP contribution in [-0.4, -0.2) is 33.8 Å². The molecular formula is C24H31F3N4O4. The van der Waals surface area contributed by atoms with Gasteiger partial charge in [-0.15, -0.1) is 0 Å². The van der Waals surface area contributed by atoms with Crippen LogP contribution in [0, 0.1) is 23.4 Å². The van der Waals surface area contributed by atoms with Crippen LogP contribution in [0.4, 0.5) is 18.0 Å². The number of alkyl carbamates (subject to hydrolysis) is 1. The summed E-state index contributed by atoms with van der Waals surface area (Å²) in [5.41, 5.74) is -1.01. The van der Waals surface area contributed by atoms with E-state index in [1.165, 1.54) is 0 Å². The fourth-order valence-corrected chi connectivity index (χ4v) is 3.48. The molecule has 2 aromatic rings. The van der Waals surface area contributed by atoms with Crippen LogP contribution in [0.1, 0.15) is 83.1 Å². The molecule has 1 aromatic carbocycles. The van der Waals surface area contributed by atoms with Crippen molar-refractivity contribution in [2.75, 3.05) is 0 Å². The second-order valence-electron chi connectivity index (χ2n) is 10.2. The van der Waals surface area contributed by atoms with Crippen molar-refractivity contribution in [1.82, 2.24) is 20.8 Å². The van der Waals surface area contributed by atoms with E-state index in [-0.39, 0.29) is 36.1 Å². The Morgan fingerprint density at radius 3 is 2.37 bits per heavy atom. The number of hydrogen-bond donors (Lipinski definition) is 2. The number of hydrogen-bond acceptors (Lipinski definition) is 6. The van der Waals surface area contributed by atoms with E-state index in [9.17, 15) is 22.8 Å². The van der Waals surface area contributed by atoms with Crippen LogP contribution in [0.15, 0.2) is 16.7 Å². The van der Waals surface area contributed by atoms with Crippen molar-refractivity contribution in [1.29, 1.82) is 0 Å². The zero-order chi connectivity index (χ0) is 25.9. The van der Waals surface area contributed by atoms with Gasteiger partial charge in [-0.1, -0.05) is 19.0 Å². The first kappa shape index (κ1) is 26.5. The predicted molar refractivity (Wildman–Crippen MR) is 120 cm³/mol. The number of carbonyl (C=O) groups excluding carboxylic acids is 2. The Bertz CT molecular complexity index is 1060. The fourth-order valence-electron chi connectivity index (χ4n) is 3.48. The highest BCUT2D eigenvalue weighted by atomic mass is 19.2. The van der Waals surface area contributed by atoms with Gasteiger partial charge >= 0.3 is 6.09 Å². The van der Waals surface area contributed by atoms with Crippen LogP contribution in [0.25, 0.3) is 0 Å². The van der Waals surface area contributed by atoms with E-state index in [1.807, 2.05) is 13.8 Å². The number of ether oxygens (including phenoxy) is 1. The second kappa shape index (κ2) is 10.7. The molecule has 0 unspecified atom stereocenters. The van der Waals surface area contributed by atoms with Crippen LogP contribution in [-0.2, 0) is 16.0 Å². The predicted octanol–water partition coefficient (Wildman–Crippen LogP) is 4.70. The van der Waals surface area contributed by atoms with E-state index < -0.39 is 47.1 Å². The number of nitrogens with one attached hydrogen (secondary N) is 2. The van der Waals surface area contributed by atoms with E-state index in [2.05, 4.69) is 20.8 Å². The normalized spacial score (nSPS) is 15.6. The quantitative estimate of drug-likeness (QED) is 0.488. The average molecular weight is 497 g/mol. The number of aromatic nitrogens is 2. The van der Waals surface area contributed by atoms with Gasteiger partial charge in [-0.25, -0.2) is 18.0 Å². The molecule has 1 aromatic heterocycles. The third kappa shape index (κ3) is 7.69. The highest BCUT2D eigenvalue weighted by Gasteiger charge is 2.32. The summed E-state index contributed by atoms with van der Waals surface area (Å²) in [5.74, 6) is -2.96. The molecule has 1 aliphatic carbocycles. The summed E-state index contributed by atoms with van der Waals surface area (Å²) < 4.78 is 51.9. The molecule has 0 saturated heterocycles. The zero-order valence-electron chi connectivity index (χ0n) is 20.5. The Hall–Kier alpha value is -3.11. The summed E-state index contributed by atoms with van der Waals surface area (Å²) in [6.07, 6.45) is 0.607. The van der Waals surface area contributed by atoms with Crippen molar-refractivity contribution >= 4 is 12.0 Å². The Morgan fingerprint density at radius 2 is 1.77 bits per heavy atom. The summed E-state index contributed by atoms with van der Waals surface area (Å²) >= 11 is 0. The molecule has 2 N–H and O–H groups in total. The first-order valence-electron chi connectivity index (χ1n) is 11.6. The van der Waals surface area contributed by atoms with E-state index in [1.54, 1.807) is 20.8 Å². The molecule has 1 fully saturated rings. The summed E-state index contributed by atoms with van der Waals surface area (Å²) in [5, 5.41) is 9.34. The highest BCUT2D eigenvalue weighted by Crippen LogP contribution is 2.38. The van der Waals surface area contributed by atoms with Gasteiger partial charge in [0, 0.05) is 24.4 Å². The van der Waals surface area contributed by atoms with Crippen molar-refractivity contribution < 1.29 is 32.0 Å². The summed E-state index contributed by atoms with van der Waals surface area (Å²) in [6, 6.07) is -0.413. The SMILES string of the molecule is CC(C)[C@H](NC(=O)C[C@@H](Cc1cc(F)c(F)cc1F)NC(=O)OC(C)(C)C)c1nc(C2CC2)no1. The smallest absolute Gasteiger partial charge is 0.407 e. The van der Waals surface area contributed by atoms with Crippen molar-refractivity contribution in [3.8, 4) is 0 Å². The minimum atomic E-state index is -1.33. The van der Waals surface area contributed by atoms with E-state index in [0.29, 0.717) is 18.0 Å². The number of carbonyl (C=O) groups is 2. The first-order valence-corrected chi connectivity index (χ1v) is 11.6. The molecule has 0 spiro atoms. The monoisotopic (exact) mass is 496 g/mol. The maximum atomic E-state index is 14.3. The standard InChI is InChI=1S/C24H31F3N4O4/c1-12(2)20(22-30-21(31-35-22)13-6-7-13)29-19(32)10-15(28-23(33)34-24(3,4)5)8-14-9-17(26)18(27)11-16(14)25/h9,11-13,15,20H,6-8,10H2,1-5H3,(H,28,33)(H,29,32)/t15-,20+/m1/s1. The first-order chi connectivity index (χ1) is 16.3. The largest absolute Gasteiger partial charge is 0.444 e. The molecule has 11 heteroatoms. The van der Waals surface area contributed by atoms with Crippen LogP contribution in [0.2, 0.25) is 0 Å². The lowest BCUT2D eigenvalue weighted by Gasteiger charge is -2.25. The lowest BCUT2D eigenvalue weighted by Crippen LogP contribution is -2.44. The molecule has 2 amide bonds. The average Bonchev–Trinajstić information content (AvgIpc) is 3.45. The minimum Gasteiger partial charge on any atom is -0.444 e. The van der Waals surface area contributed by atoms with Gasteiger partial charge in [-0.05, 0) is 57.6 Å². The molecule has 1 saturated carbocycles. The molecular weight excluding hydrogens is 465 g/mol. The number of halogens is 3. The van der Waals surface area contributed by atoms with Gasteiger partial charge in [0.05, 0.1) is 0 Å². The van der Waals surface area contributed by atoms with Crippen LogP contribution in [0.3, 0.4) is 0 Å². The Kier molecular flexibility index (Phi) is 8.07. The molecule has 1 aliphatic rings. The number of benzene rings is 1. The molecule has 3 rings (SSSR count). The van der Waals surface area contributed by atoms with E-state index >= 15 is 0 Å². The van der Waals surface area contributed by atoms with Gasteiger partial charge < -0.3 is 19.9 Å². The maximum absolute atomic E-state index is 14.3. The lowest BCUT2D eigenvalue weighted by atomic mass is 10.0. The number of rotatable bonds is 9. The van der Waals surface area contributed by atoms with Crippen molar-refractivity contribution in [3.63, 3.8) is 0 Å². The summed E-state index contributed by atoms with van der Waals surface area (Å²) in [4.78, 5) is 29.7. The zero-order valence-corrected chi connectivity index (χ0v) is 20.5. The number of amides is 2. The summed E-state index contributed by atoms with van der Waals surface area (Å²) in [7, 11) is 0. The molecule has 0 aliphatic heterocycles. The molecule has 8 nitrogen and oxygen atoms in total. The van der Waals surface area contributed by atoms with Gasteiger partial charge in [0.15, 0.2) is 17.5 Å². The molecule has 192 valence electrons. The summed E-state index contributed by atoms with van der Waals surface area (Å²) in [6.45, 7) is 8.74. The lowest BCUT2D eigenvalue weighted by molar-refractivity contribution is -0.122. The molecule has 35 heavy (non-hydrogen) atoms. The van der Waals surface area contributed by atoms with E-state index in [4.69, 9.17) is 9.26 Å². The fraction of sp³-hybridized carbons (Fsp3) is 0.583. The Balaban J connectivity index is 1.74. The van der Waals surface area contributed by atoms with Gasteiger partial charge in [0.2, 0.25) is 11.8 Å². The van der Waals surface area contributed by atoms with Crippen molar-refractivity contribution in [2.24, 2.45) is 5.92 Å². The molecule has 0 radical (unpaired) electrons. The van der Waals surface area contributed by atoms with Crippen LogP contribution >= 0.6 is 0 Å². The molecule has 0 bridgehead atoms. The van der Waals surface area contributed by atoms with Crippen LogP contribution in [0.5, 0.6) is 0 Å². The maximum Gasteiger partial charge on any atom is 0.407 e. The van der Waals surface area contributed by atoms with E-state index in [0.717, 1.165) is 12.8 Å².